The van der Waals surface area contributed by atoms with Gasteiger partial charge in [-0.05, 0) is 62.1 Å². The van der Waals surface area contributed by atoms with Crippen molar-refractivity contribution < 1.29 is 32.3 Å². The van der Waals surface area contributed by atoms with E-state index in [9.17, 15) is 27.6 Å². The highest BCUT2D eigenvalue weighted by Crippen LogP contribution is 2.48. The number of nitrogens with one attached hydrogen (secondary N) is 1. The quantitative estimate of drug-likeness (QED) is 0.539. The third-order valence-electron chi connectivity index (χ3n) is 8.40. The molecule has 214 valence electrons. The minimum Gasteiger partial charge on any atom is -0.453 e. The third kappa shape index (κ3) is 5.23. The van der Waals surface area contributed by atoms with Gasteiger partial charge in [-0.25, -0.2) is 9.78 Å². The molecule has 1 aliphatic carbocycles. The minimum atomic E-state index is -4.78. The standard InChI is InChI=1S/C28H30ClF3N4O4/c1-40-26(39)35-12-10-27(11-13-35)21-4-2-3-5-22(21)36(25(27)38)16-17-6-8-19(9-7-17)34-24(37)20-14-18(29)15-33-23(20)28(30,31)32/h2-5,14-15,17,19H,6-13,16H2,1H3,(H,34,37)/t17-,19-. The van der Waals surface area contributed by atoms with Crippen molar-refractivity contribution in [2.45, 2.75) is 56.2 Å². The van der Waals surface area contributed by atoms with Crippen LogP contribution in [0.4, 0.5) is 23.7 Å². The van der Waals surface area contributed by atoms with Crippen molar-refractivity contribution in [2.24, 2.45) is 5.92 Å². The van der Waals surface area contributed by atoms with E-state index >= 15 is 0 Å². The molecule has 2 fully saturated rings. The van der Waals surface area contributed by atoms with Crippen LogP contribution >= 0.6 is 11.6 Å². The number of aromatic nitrogens is 1. The Bertz CT molecular complexity index is 1300. The second-order valence-electron chi connectivity index (χ2n) is 10.7. The number of benzene rings is 1. The number of nitrogens with zero attached hydrogens (tertiary/aromatic N) is 3. The van der Waals surface area contributed by atoms with Crippen LogP contribution in [0.25, 0.3) is 0 Å². The van der Waals surface area contributed by atoms with Crippen molar-refractivity contribution in [3.8, 4) is 0 Å². The molecule has 0 bridgehead atoms. The number of piperidine rings is 1. The first-order valence-electron chi connectivity index (χ1n) is 13.3. The lowest BCUT2D eigenvalue weighted by Gasteiger charge is -2.38. The van der Waals surface area contributed by atoms with Gasteiger partial charge >= 0.3 is 12.3 Å². The number of carbonyl (C=O) groups excluding carboxylic acids is 3. The fourth-order valence-corrected chi connectivity index (χ4v) is 6.47. The highest BCUT2D eigenvalue weighted by Gasteiger charge is 2.52. The molecule has 0 unspecified atom stereocenters. The summed E-state index contributed by atoms with van der Waals surface area (Å²) in [6.45, 7) is 1.39. The number of hydrogen-bond acceptors (Lipinski definition) is 5. The van der Waals surface area contributed by atoms with Crippen molar-refractivity contribution in [1.82, 2.24) is 15.2 Å². The number of hydrogen-bond donors (Lipinski definition) is 1. The number of para-hydroxylation sites is 1. The number of rotatable bonds is 4. The van der Waals surface area contributed by atoms with Crippen LogP contribution in [0.5, 0.6) is 0 Å². The van der Waals surface area contributed by atoms with Crippen LogP contribution in [0.15, 0.2) is 36.5 Å². The van der Waals surface area contributed by atoms with Crippen molar-refractivity contribution >= 4 is 35.2 Å². The van der Waals surface area contributed by atoms with Gasteiger partial charge in [-0.2, -0.15) is 13.2 Å². The molecule has 3 amide bonds. The maximum atomic E-state index is 13.9. The van der Waals surface area contributed by atoms with Crippen LogP contribution in [0.1, 0.15) is 60.1 Å². The molecule has 3 heterocycles. The van der Waals surface area contributed by atoms with Gasteiger partial charge in [0, 0.05) is 37.6 Å². The first kappa shape index (κ1) is 28.2. The summed E-state index contributed by atoms with van der Waals surface area (Å²) in [6, 6.07) is 8.48. The Morgan fingerprint density at radius 2 is 1.82 bits per heavy atom. The van der Waals surface area contributed by atoms with Crippen LogP contribution in [0.2, 0.25) is 5.02 Å². The predicted octanol–water partition coefficient (Wildman–Crippen LogP) is 5.19. The van der Waals surface area contributed by atoms with Crippen LogP contribution in [-0.4, -0.2) is 60.6 Å². The van der Waals surface area contributed by atoms with Crippen LogP contribution < -0.4 is 10.2 Å². The van der Waals surface area contributed by atoms with Gasteiger partial charge in [0.2, 0.25) is 5.91 Å². The molecule has 0 radical (unpaired) electrons. The molecule has 1 saturated carbocycles. The van der Waals surface area contributed by atoms with E-state index in [-0.39, 0.29) is 22.9 Å². The topological polar surface area (TPSA) is 91.8 Å². The van der Waals surface area contributed by atoms with Crippen LogP contribution in [0, 0.1) is 5.92 Å². The molecule has 3 aliphatic rings. The molecular weight excluding hydrogens is 549 g/mol. The maximum Gasteiger partial charge on any atom is 0.434 e. The predicted molar refractivity (Wildman–Crippen MR) is 141 cm³/mol. The van der Waals surface area contributed by atoms with E-state index in [1.54, 1.807) is 4.90 Å². The molecule has 1 spiro atoms. The molecule has 1 aromatic carbocycles. The number of fused-ring (bicyclic) bond motifs is 2. The highest BCUT2D eigenvalue weighted by molar-refractivity contribution is 6.30. The van der Waals surface area contributed by atoms with E-state index in [1.165, 1.54) is 7.11 Å². The zero-order chi connectivity index (χ0) is 28.7. The van der Waals surface area contributed by atoms with Gasteiger partial charge < -0.3 is 19.9 Å². The number of amides is 3. The number of anilines is 1. The molecule has 2 aromatic rings. The van der Waals surface area contributed by atoms with Gasteiger partial charge in [-0.3, -0.25) is 9.59 Å². The highest BCUT2D eigenvalue weighted by atomic mass is 35.5. The first-order valence-corrected chi connectivity index (χ1v) is 13.7. The first-order chi connectivity index (χ1) is 19.0. The molecule has 2 aliphatic heterocycles. The Hall–Kier alpha value is -3.34. The summed E-state index contributed by atoms with van der Waals surface area (Å²) < 4.78 is 44.9. The van der Waals surface area contributed by atoms with E-state index in [1.807, 2.05) is 29.2 Å². The Kier molecular flexibility index (Phi) is 7.69. The molecule has 0 atom stereocenters. The zero-order valence-corrected chi connectivity index (χ0v) is 22.7. The van der Waals surface area contributed by atoms with Crippen LogP contribution in [0.3, 0.4) is 0 Å². The Labute approximate surface area is 234 Å². The number of ether oxygens (including phenoxy) is 1. The monoisotopic (exact) mass is 578 g/mol. The van der Waals surface area contributed by atoms with Gasteiger partial charge in [0.25, 0.3) is 5.91 Å². The number of halogens is 4. The number of pyridine rings is 1. The normalized spacial score (nSPS) is 22.3. The van der Waals surface area contributed by atoms with Crippen molar-refractivity contribution in [2.75, 3.05) is 31.6 Å². The smallest absolute Gasteiger partial charge is 0.434 e. The number of likely N-dealkylation sites (tertiary alicyclic amines) is 1. The average Bonchev–Trinajstić information content (AvgIpc) is 3.16. The summed E-state index contributed by atoms with van der Waals surface area (Å²) in [5, 5.41) is 2.67. The fourth-order valence-electron chi connectivity index (χ4n) is 6.31. The van der Waals surface area contributed by atoms with Gasteiger partial charge in [0.15, 0.2) is 5.69 Å². The van der Waals surface area contributed by atoms with E-state index in [0.29, 0.717) is 58.2 Å². The molecule has 1 saturated heterocycles. The minimum absolute atomic E-state index is 0.0433. The summed E-state index contributed by atoms with van der Waals surface area (Å²) in [5.74, 6) is -0.634. The van der Waals surface area contributed by atoms with Crippen molar-refractivity contribution in [1.29, 1.82) is 0 Å². The zero-order valence-electron chi connectivity index (χ0n) is 22.0. The molecule has 12 heteroatoms. The Balaban J connectivity index is 1.23. The molecule has 8 nitrogen and oxygen atoms in total. The van der Waals surface area contributed by atoms with E-state index in [4.69, 9.17) is 16.3 Å². The number of methoxy groups -OCH3 is 1. The van der Waals surface area contributed by atoms with Crippen LogP contribution in [-0.2, 0) is 21.1 Å². The van der Waals surface area contributed by atoms with Gasteiger partial charge in [0.1, 0.15) is 0 Å². The number of carbonyl (C=O) groups is 3. The number of alkyl halides is 3. The Morgan fingerprint density at radius 1 is 1.15 bits per heavy atom. The van der Waals surface area contributed by atoms with Gasteiger partial charge in [-0.1, -0.05) is 29.8 Å². The lowest BCUT2D eigenvalue weighted by Crippen LogP contribution is -2.50. The lowest BCUT2D eigenvalue weighted by atomic mass is 9.73. The summed E-state index contributed by atoms with van der Waals surface area (Å²) in [6.07, 6.45) is -0.687. The second-order valence-corrected chi connectivity index (χ2v) is 11.1. The SMILES string of the molecule is COC(=O)N1CCC2(CC1)C(=O)N(C[C@H]1CC[C@H](NC(=O)c3cc(Cl)cnc3C(F)(F)F)CC1)c1ccccc12. The summed E-state index contributed by atoms with van der Waals surface area (Å²) in [7, 11) is 1.35. The second kappa shape index (κ2) is 10.9. The maximum absolute atomic E-state index is 13.9. The van der Waals surface area contributed by atoms with Gasteiger partial charge in [-0.15, -0.1) is 0 Å². The molecule has 1 N–H and O–H groups in total. The van der Waals surface area contributed by atoms with E-state index in [2.05, 4.69) is 10.3 Å². The molecule has 1 aromatic heterocycles. The van der Waals surface area contributed by atoms with Gasteiger partial charge in [0.05, 0.1) is 23.1 Å². The summed E-state index contributed by atoms with van der Waals surface area (Å²) in [5.41, 5.74) is -0.651. The average molecular weight is 579 g/mol. The van der Waals surface area contributed by atoms with Crippen molar-refractivity contribution in [3.05, 3.63) is 58.4 Å². The molecule has 40 heavy (non-hydrogen) atoms. The van der Waals surface area contributed by atoms with E-state index < -0.39 is 34.8 Å². The molecular formula is C28H30ClF3N4O4. The lowest BCUT2D eigenvalue weighted by molar-refractivity contribution is -0.141. The van der Waals surface area contributed by atoms with E-state index in [0.717, 1.165) is 23.5 Å². The fraction of sp³-hybridized carbons (Fsp3) is 0.500. The van der Waals surface area contributed by atoms with Crippen molar-refractivity contribution in [3.63, 3.8) is 0 Å². The summed E-state index contributed by atoms with van der Waals surface area (Å²) in [4.78, 5) is 45.4. The largest absolute Gasteiger partial charge is 0.453 e. The molecule has 5 rings (SSSR count). The third-order valence-corrected chi connectivity index (χ3v) is 8.61. The summed E-state index contributed by atoms with van der Waals surface area (Å²) >= 11 is 5.82. The Morgan fingerprint density at radius 3 is 2.48 bits per heavy atom.